The Hall–Kier alpha value is -1.70. The van der Waals surface area contributed by atoms with Crippen molar-refractivity contribution in [2.24, 2.45) is 11.7 Å². The van der Waals surface area contributed by atoms with Crippen LogP contribution in [0, 0.1) is 5.92 Å². The third-order valence-electron chi connectivity index (χ3n) is 2.21. The number of hydrogen-bond acceptors (Lipinski definition) is 6. The third kappa shape index (κ3) is 3.66. The van der Waals surface area contributed by atoms with Gasteiger partial charge in [-0.2, -0.15) is 0 Å². The van der Waals surface area contributed by atoms with E-state index in [0.29, 0.717) is 11.7 Å². The summed E-state index contributed by atoms with van der Waals surface area (Å²) in [6.45, 7) is 6.23. The molecule has 1 aromatic heterocycles. The zero-order valence-electron chi connectivity index (χ0n) is 10.6. The summed E-state index contributed by atoms with van der Waals surface area (Å²) in [5, 5.41) is 13.8. The second kappa shape index (κ2) is 6.29. The van der Waals surface area contributed by atoms with Crippen LogP contribution in [0.1, 0.15) is 30.6 Å². The Morgan fingerprint density at radius 1 is 1.39 bits per heavy atom. The van der Waals surface area contributed by atoms with Gasteiger partial charge in [0.15, 0.2) is 0 Å². The Labute approximate surface area is 109 Å². The highest BCUT2D eigenvalue weighted by molar-refractivity contribution is 7.17. The van der Waals surface area contributed by atoms with Gasteiger partial charge in [0.25, 0.3) is 5.91 Å². The molecule has 1 aromatic rings. The van der Waals surface area contributed by atoms with Gasteiger partial charge >= 0.3 is 0 Å². The Kier molecular flexibility index (Phi) is 5.02. The number of carbonyl (C=O) groups excluding carboxylic acids is 2. The smallest absolute Gasteiger partial charge is 0.282 e. The van der Waals surface area contributed by atoms with Gasteiger partial charge in [-0.3, -0.25) is 9.59 Å². The van der Waals surface area contributed by atoms with Crippen LogP contribution in [0.3, 0.4) is 0 Å². The summed E-state index contributed by atoms with van der Waals surface area (Å²) in [5.74, 6) is -1.07. The Bertz CT molecular complexity index is 432. The zero-order valence-corrected chi connectivity index (χ0v) is 11.4. The first-order valence-corrected chi connectivity index (χ1v) is 6.44. The fourth-order valence-electron chi connectivity index (χ4n) is 1.31. The summed E-state index contributed by atoms with van der Waals surface area (Å²) in [4.78, 5) is 23.0. The largest absolute Gasteiger partial charge is 0.368 e. The van der Waals surface area contributed by atoms with Crippen LogP contribution in [-0.4, -0.2) is 34.6 Å². The van der Waals surface area contributed by atoms with Crippen LogP contribution in [0.5, 0.6) is 0 Å². The summed E-state index contributed by atoms with van der Waals surface area (Å²) < 4.78 is 0. The molecular weight excluding hydrogens is 254 g/mol. The Balaban J connectivity index is 2.71. The number of nitrogens with one attached hydrogen (secondary N) is 2. The number of primary amides is 1. The molecule has 1 rings (SSSR count). The fraction of sp³-hybridized carbons (Fsp3) is 0.600. The van der Waals surface area contributed by atoms with Gasteiger partial charge in [0, 0.05) is 6.54 Å². The Morgan fingerprint density at radius 2 is 2.06 bits per heavy atom. The zero-order chi connectivity index (χ0) is 13.7. The van der Waals surface area contributed by atoms with E-state index in [1.807, 2.05) is 6.92 Å². The van der Waals surface area contributed by atoms with Crippen molar-refractivity contribution in [1.29, 1.82) is 0 Å². The average molecular weight is 271 g/mol. The molecular formula is C10H17N5O2S. The Morgan fingerprint density at radius 3 is 2.56 bits per heavy atom. The normalized spacial score (nSPS) is 12.2. The van der Waals surface area contributed by atoms with Gasteiger partial charge in [-0.1, -0.05) is 25.2 Å². The number of nitrogens with two attached hydrogens (primary N) is 1. The van der Waals surface area contributed by atoms with Crippen molar-refractivity contribution in [3.05, 3.63) is 5.01 Å². The molecule has 4 N–H and O–H groups in total. The van der Waals surface area contributed by atoms with Crippen molar-refractivity contribution in [3.63, 3.8) is 0 Å². The standard InChI is InChI=1S/C10H17N5O2S/c1-4-12-10-15-14-9(18-10)8(17)13-6(5(2)3)7(11)16/h5-6H,4H2,1-3H3,(H2,11,16)(H,12,15)(H,13,17). The highest BCUT2D eigenvalue weighted by Crippen LogP contribution is 2.15. The highest BCUT2D eigenvalue weighted by Gasteiger charge is 2.24. The van der Waals surface area contributed by atoms with E-state index in [1.165, 1.54) is 0 Å². The number of carbonyl (C=O) groups is 2. The SMILES string of the molecule is CCNc1nnc(C(=O)NC(C(N)=O)C(C)C)s1. The van der Waals surface area contributed by atoms with Crippen LogP contribution in [-0.2, 0) is 4.79 Å². The molecule has 0 fully saturated rings. The van der Waals surface area contributed by atoms with Crippen LogP contribution in [0.15, 0.2) is 0 Å². The maximum atomic E-state index is 11.8. The number of rotatable bonds is 6. The minimum Gasteiger partial charge on any atom is -0.368 e. The van der Waals surface area contributed by atoms with Gasteiger partial charge in [0.05, 0.1) is 0 Å². The first-order valence-electron chi connectivity index (χ1n) is 5.63. The van der Waals surface area contributed by atoms with Crippen LogP contribution in [0.4, 0.5) is 5.13 Å². The van der Waals surface area contributed by atoms with Crippen molar-refractivity contribution in [3.8, 4) is 0 Å². The van der Waals surface area contributed by atoms with Crippen molar-refractivity contribution in [2.45, 2.75) is 26.8 Å². The van der Waals surface area contributed by atoms with Gasteiger partial charge in [-0.25, -0.2) is 0 Å². The minimum absolute atomic E-state index is 0.0763. The quantitative estimate of drug-likeness (QED) is 0.685. The van der Waals surface area contributed by atoms with Crippen LogP contribution >= 0.6 is 11.3 Å². The predicted octanol–water partition coefficient (Wildman–Crippen LogP) is 0.210. The molecule has 0 radical (unpaired) electrons. The summed E-state index contributed by atoms with van der Waals surface area (Å²) >= 11 is 1.13. The lowest BCUT2D eigenvalue weighted by Gasteiger charge is -2.17. The molecule has 0 saturated carbocycles. The molecule has 1 atom stereocenters. The van der Waals surface area contributed by atoms with Crippen LogP contribution < -0.4 is 16.4 Å². The van der Waals surface area contributed by atoms with E-state index in [2.05, 4.69) is 20.8 Å². The topological polar surface area (TPSA) is 110 Å². The first kappa shape index (κ1) is 14.4. The van der Waals surface area contributed by atoms with E-state index in [9.17, 15) is 9.59 Å². The average Bonchev–Trinajstić information content (AvgIpc) is 2.73. The molecule has 1 unspecified atom stereocenters. The van der Waals surface area contributed by atoms with Gasteiger partial charge in [0.1, 0.15) is 6.04 Å². The number of amides is 2. The van der Waals surface area contributed by atoms with E-state index in [0.717, 1.165) is 11.3 Å². The molecule has 0 aliphatic carbocycles. The van der Waals surface area contributed by atoms with Crippen molar-refractivity contribution in [1.82, 2.24) is 15.5 Å². The molecule has 0 saturated heterocycles. The lowest BCUT2D eigenvalue weighted by atomic mass is 10.0. The predicted molar refractivity (Wildman–Crippen MR) is 69.4 cm³/mol. The third-order valence-corrected chi connectivity index (χ3v) is 3.09. The number of aromatic nitrogens is 2. The van der Waals surface area contributed by atoms with Crippen molar-refractivity contribution in [2.75, 3.05) is 11.9 Å². The summed E-state index contributed by atoms with van der Waals surface area (Å²) in [7, 11) is 0. The highest BCUT2D eigenvalue weighted by atomic mass is 32.1. The summed E-state index contributed by atoms with van der Waals surface area (Å²) in [6.07, 6.45) is 0. The van der Waals surface area contributed by atoms with Gasteiger partial charge in [-0.15, -0.1) is 10.2 Å². The lowest BCUT2D eigenvalue weighted by Crippen LogP contribution is -2.47. The lowest BCUT2D eigenvalue weighted by molar-refractivity contribution is -0.120. The molecule has 18 heavy (non-hydrogen) atoms. The molecule has 7 nitrogen and oxygen atoms in total. The molecule has 0 spiro atoms. The summed E-state index contributed by atoms with van der Waals surface area (Å²) in [6, 6.07) is -0.705. The van der Waals surface area contributed by atoms with Crippen LogP contribution in [0.2, 0.25) is 0 Å². The van der Waals surface area contributed by atoms with E-state index in [-0.39, 0.29) is 10.9 Å². The van der Waals surface area contributed by atoms with E-state index < -0.39 is 17.9 Å². The van der Waals surface area contributed by atoms with Crippen molar-refractivity contribution < 1.29 is 9.59 Å². The number of nitrogens with zero attached hydrogens (tertiary/aromatic N) is 2. The maximum absolute atomic E-state index is 11.8. The van der Waals surface area contributed by atoms with E-state index >= 15 is 0 Å². The molecule has 0 bridgehead atoms. The van der Waals surface area contributed by atoms with Gasteiger partial charge in [0.2, 0.25) is 16.0 Å². The van der Waals surface area contributed by atoms with E-state index in [1.54, 1.807) is 13.8 Å². The molecule has 2 amide bonds. The summed E-state index contributed by atoms with van der Waals surface area (Å²) in [5.41, 5.74) is 5.22. The monoisotopic (exact) mass is 271 g/mol. The molecule has 100 valence electrons. The van der Waals surface area contributed by atoms with E-state index in [4.69, 9.17) is 5.73 Å². The van der Waals surface area contributed by atoms with Crippen LogP contribution in [0.25, 0.3) is 0 Å². The van der Waals surface area contributed by atoms with Gasteiger partial charge in [-0.05, 0) is 12.8 Å². The molecule has 1 heterocycles. The number of hydrogen-bond donors (Lipinski definition) is 3. The fourth-order valence-corrected chi connectivity index (χ4v) is 2.02. The molecule has 0 aromatic carbocycles. The number of anilines is 1. The second-order valence-corrected chi connectivity index (χ2v) is 5.02. The first-order chi connectivity index (χ1) is 8.45. The molecule has 0 aliphatic rings. The maximum Gasteiger partial charge on any atom is 0.282 e. The molecule has 8 heteroatoms. The minimum atomic E-state index is -0.705. The second-order valence-electron chi connectivity index (χ2n) is 4.04. The van der Waals surface area contributed by atoms with Gasteiger partial charge < -0.3 is 16.4 Å². The molecule has 0 aliphatic heterocycles. The van der Waals surface area contributed by atoms with Crippen molar-refractivity contribution >= 4 is 28.3 Å².